The van der Waals surface area contributed by atoms with Gasteiger partial charge < -0.3 is 5.73 Å². The Bertz CT molecular complexity index is 480. The Labute approximate surface area is 107 Å². The van der Waals surface area contributed by atoms with Gasteiger partial charge in [0.05, 0.1) is 6.34 Å². The summed E-state index contributed by atoms with van der Waals surface area (Å²) in [7, 11) is 0. The summed E-state index contributed by atoms with van der Waals surface area (Å²) in [6.07, 6.45) is 1.24. The van der Waals surface area contributed by atoms with Gasteiger partial charge in [0, 0.05) is 6.54 Å². The van der Waals surface area contributed by atoms with Crippen molar-refractivity contribution in [3.63, 3.8) is 0 Å². The standard InChI is InChI=1S/C15H17N3/c16-12-18-15(14-9-5-2-6-10-14)17-11-13-7-3-1-4-8-13/h1-10,12,15,17H,11H2,(H2,16,18). The van der Waals surface area contributed by atoms with Crippen LogP contribution in [0.25, 0.3) is 0 Å². The first-order valence-electron chi connectivity index (χ1n) is 5.96. The van der Waals surface area contributed by atoms with E-state index in [-0.39, 0.29) is 6.17 Å². The fourth-order valence-electron chi connectivity index (χ4n) is 1.79. The van der Waals surface area contributed by atoms with Gasteiger partial charge in [-0.25, -0.2) is 0 Å². The normalized spacial score (nSPS) is 12.7. The maximum absolute atomic E-state index is 5.40. The maximum atomic E-state index is 5.40. The quantitative estimate of drug-likeness (QED) is 0.622. The molecule has 18 heavy (non-hydrogen) atoms. The van der Waals surface area contributed by atoms with Gasteiger partial charge >= 0.3 is 0 Å². The first-order chi connectivity index (χ1) is 8.90. The molecule has 2 rings (SSSR count). The lowest BCUT2D eigenvalue weighted by Gasteiger charge is -2.14. The van der Waals surface area contributed by atoms with E-state index < -0.39 is 0 Å². The van der Waals surface area contributed by atoms with Crippen LogP contribution in [0, 0.1) is 0 Å². The Morgan fingerprint density at radius 1 is 1.00 bits per heavy atom. The molecule has 3 nitrogen and oxygen atoms in total. The number of aliphatic imine (C=N–C) groups is 1. The van der Waals surface area contributed by atoms with Crippen LogP contribution in [0.2, 0.25) is 0 Å². The van der Waals surface area contributed by atoms with E-state index >= 15 is 0 Å². The molecule has 0 bridgehead atoms. The van der Waals surface area contributed by atoms with Crippen molar-refractivity contribution in [1.82, 2.24) is 5.32 Å². The average Bonchev–Trinajstić information content (AvgIpc) is 2.45. The Kier molecular flexibility index (Phi) is 4.50. The zero-order valence-electron chi connectivity index (χ0n) is 10.2. The van der Waals surface area contributed by atoms with Crippen LogP contribution >= 0.6 is 0 Å². The molecule has 0 radical (unpaired) electrons. The average molecular weight is 239 g/mol. The summed E-state index contributed by atoms with van der Waals surface area (Å²) in [6, 6.07) is 20.3. The molecule has 0 saturated carbocycles. The SMILES string of the molecule is NC=NC(NCc1ccccc1)c1ccccc1. The first-order valence-corrected chi connectivity index (χ1v) is 5.96. The summed E-state index contributed by atoms with van der Waals surface area (Å²) in [5.74, 6) is 0. The first kappa shape index (κ1) is 12.3. The van der Waals surface area contributed by atoms with Crippen molar-refractivity contribution in [3.05, 3.63) is 71.8 Å². The highest BCUT2D eigenvalue weighted by molar-refractivity contribution is 5.51. The van der Waals surface area contributed by atoms with Gasteiger partial charge in [0.15, 0.2) is 0 Å². The van der Waals surface area contributed by atoms with E-state index in [2.05, 4.69) is 22.4 Å². The van der Waals surface area contributed by atoms with Gasteiger partial charge in [-0.3, -0.25) is 10.3 Å². The Hall–Kier alpha value is -2.13. The smallest absolute Gasteiger partial charge is 0.127 e. The van der Waals surface area contributed by atoms with Crippen molar-refractivity contribution < 1.29 is 0 Å². The van der Waals surface area contributed by atoms with Crippen molar-refractivity contribution in [2.75, 3.05) is 0 Å². The van der Waals surface area contributed by atoms with Gasteiger partial charge in [-0.05, 0) is 11.1 Å². The molecule has 2 aromatic carbocycles. The third-order valence-corrected chi connectivity index (χ3v) is 2.69. The second-order valence-corrected chi connectivity index (χ2v) is 3.98. The zero-order valence-corrected chi connectivity index (χ0v) is 10.2. The van der Waals surface area contributed by atoms with Gasteiger partial charge in [-0.2, -0.15) is 0 Å². The number of benzene rings is 2. The lowest BCUT2D eigenvalue weighted by atomic mass is 10.1. The summed E-state index contributed by atoms with van der Waals surface area (Å²) in [6.45, 7) is 0.762. The minimum absolute atomic E-state index is 0.101. The van der Waals surface area contributed by atoms with Gasteiger partial charge in [-0.15, -0.1) is 0 Å². The molecule has 3 heteroatoms. The zero-order chi connectivity index (χ0) is 12.6. The van der Waals surface area contributed by atoms with E-state index in [1.807, 2.05) is 48.5 Å². The molecule has 0 saturated heterocycles. The predicted molar refractivity (Wildman–Crippen MR) is 75.1 cm³/mol. The molecule has 92 valence electrons. The van der Waals surface area contributed by atoms with E-state index in [9.17, 15) is 0 Å². The van der Waals surface area contributed by atoms with Gasteiger partial charge in [0.2, 0.25) is 0 Å². The maximum Gasteiger partial charge on any atom is 0.127 e. The van der Waals surface area contributed by atoms with Crippen LogP contribution in [0.3, 0.4) is 0 Å². The molecule has 0 fully saturated rings. The third-order valence-electron chi connectivity index (χ3n) is 2.69. The minimum atomic E-state index is -0.101. The fourth-order valence-corrected chi connectivity index (χ4v) is 1.79. The van der Waals surface area contributed by atoms with Crippen molar-refractivity contribution in [2.45, 2.75) is 12.7 Å². The molecule has 0 amide bonds. The van der Waals surface area contributed by atoms with Crippen molar-refractivity contribution >= 4 is 6.34 Å². The molecule has 3 N–H and O–H groups in total. The number of hydrogen-bond donors (Lipinski definition) is 2. The van der Waals surface area contributed by atoms with Crippen molar-refractivity contribution in [2.24, 2.45) is 10.7 Å². The summed E-state index contributed by atoms with van der Waals surface area (Å²) in [5, 5.41) is 3.38. The predicted octanol–water partition coefficient (Wildman–Crippen LogP) is 2.46. The third kappa shape index (κ3) is 3.43. The molecular formula is C15H17N3. The minimum Gasteiger partial charge on any atom is -0.390 e. The van der Waals surface area contributed by atoms with Crippen LogP contribution in [0.5, 0.6) is 0 Å². The monoisotopic (exact) mass is 239 g/mol. The van der Waals surface area contributed by atoms with Gasteiger partial charge in [-0.1, -0.05) is 60.7 Å². The Balaban J connectivity index is 2.04. The summed E-state index contributed by atoms with van der Waals surface area (Å²) < 4.78 is 0. The van der Waals surface area contributed by atoms with Gasteiger partial charge in [0.1, 0.15) is 6.17 Å². The molecule has 0 aliphatic carbocycles. The van der Waals surface area contributed by atoms with E-state index in [1.165, 1.54) is 11.9 Å². The van der Waals surface area contributed by atoms with Crippen LogP contribution in [0.1, 0.15) is 17.3 Å². The molecule has 2 aromatic rings. The number of nitrogens with one attached hydrogen (secondary N) is 1. The van der Waals surface area contributed by atoms with Crippen molar-refractivity contribution in [1.29, 1.82) is 0 Å². The Morgan fingerprint density at radius 3 is 2.22 bits per heavy atom. The molecule has 0 aromatic heterocycles. The van der Waals surface area contributed by atoms with Gasteiger partial charge in [0.25, 0.3) is 0 Å². The number of hydrogen-bond acceptors (Lipinski definition) is 2. The largest absolute Gasteiger partial charge is 0.390 e. The number of nitrogens with two attached hydrogens (primary N) is 1. The summed E-state index contributed by atoms with van der Waals surface area (Å²) in [5.41, 5.74) is 7.74. The van der Waals surface area contributed by atoms with E-state index in [1.54, 1.807) is 0 Å². The highest BCUT2D eigenvalue weighted by Gasteiger charge is 2.07. The summed E-state index contributed by atoms with van der Waals surface area (Å²) in [4.78, 5) is 4.25. The van der Waals surface area contributed by atoms with Crippen LogP contribution in [0.4, 0.5) is 0 Å². The second-order valence-electron chi connectivity index (χ2n) is 3.98. The van der Waals surface area contributed by atoms with Crippen LogP contribution < -0.4 is 11.1 Å². The molecule has 0 aliphatic rings. The number of nitrogens with zero attached hydrogens (tertiary/aromatic N) is 1. The highest BCUT2D eigenvalue weighted by Crippen LogP contribution is 2.14. The van der Waals surface area contributed by atoms with Crippen LogP contribution in [0.15, 0.2) is 65.7 Å². The summed E-state index contributed by atoms with van der Waals surface area (Å²) >= 11 is 0. The van der Waals surface area contributed by atoms with Crippen LogP contribution in [-0.4, -0.2) is 6.34 Å². The molecule has 1 unspecified atom stereocenters. The highest BCUT2D eigenvalue weighted by atomic mass is 15.1. The molecule has 0 spiro atoms. The van der Waals surface area contributed by atoms with Crippen LogP contribution in [-0.2, 0) is 6.54 Å². The molecular weight excluding hydrogens is 222 g/mol. The topological polar surface area (TPSA) is 50.4 Å². The van der Waals surface area contributed by atoms with E-state index in [0.29, 0.717) is 0 Å². The van der Waals surface area contributed by atoms with E-state index in [4.69, 9.17) is 5.73 Å². The number of rotatable bonds is 5. The molecule has 0 heterocycles. The van der Waals surface area contributed by atoms with E-state index in [0.717, 1.165) is 12.1 Å². The second kappa shape index (κ2) is 6.57. The lowest BCUT2D eigenvalue weighted by Crippen LogP contribution is -2.20. The fraction of sp³-hybridized carbons (Fsp3) is 0.133. The van der Waals surface area contributed by atoms with Crippen molar-refractivity contribution in [3.8, 4) is 0 Å². The lowest BCUT2D eigenvalue weighted by molar-refractivity contribution is 0.556. The molecule has 1 atom stereocenters. The molecule has 0 aliphatic heterocycles. The Morgan fingerprint density at radius 2 is 1.61 bits per heavy atom.